The zero-order valence-electron chi connectivity index (χ0n) is 13.3. The first kappa shape index (κ1) is 16.5. The van der Waals surface area contributed by atoms with Gasteiger partial charge in [0.1, 0.15) is 17.2 Å². The second kappa shape index (κ2) is 7.40. The van der Waals surface area contributed by atoms with Gasteiger partial charge in [-0.2, -0.15) is 0 Å². The van der Waals surface area contributed by atoms with E-state index >= 15 is 0 Å². The van der Waals surface area contributed by atoms with Crippen LogP contribution >= 0.6 is 0 Å². The Balaban J connectivity index is 2.23. The van der Waals surface area contributed by atoms with Crippen LogP contribution in [0.3, 0.4) is 0 Å². The first-order valence-corrected chi connectivity index (χ1v) is 6.95. The van der Waals surface area contributed by atoms with E-state index in [0.717, 1.165) is 5.56 Å². The lowest BCUT2D eigenvalue weighted by atomic mass is 10.1. The van der Waals surface area contributed by atoms with Gasteiger partial charge in [0, 0.05) is 18.2 Å². The van der Waals surface area contributed by atoms with Crippen molar-refractivity contribution in [2.45, 2.75) is 6.54 Å². The Labute approximate surface area is 134 Å². The van der Waals surface area contributed by atoms with E-state index in [1.165, 1.54) is 19.2 Å². The minimum absolute atomic E-state index is 0.190. The van der Waals surface area contributed by atoms with Crippen LogP contribution in [-0.2, 0) is 6.54 Å². The number of aromatic carboxylic acids is 1. The van der Waals surface area contributed by atoms with Crippen LogP contribution in [0.25, 0.3) is 0 Å². The number of ether oxygens (including phenoxy) is 3. The minimum Gasteiger partial charge on any atom is -0.497 e. The van der Waals surface area contributed by atoms with Crippen molar-refractivity contribution in [1.82, 2.24) is 0 Å². The number of anilines is 1. The third-order valence-electron chi connectivity index (χ3n) is 3.41. The maximum Gasteiger partial charge on any atom is 0.335 e. The molecule has 2 aromatic carbocycles. The van der Waals surface area contributed by atoms with Gasteiger partial charge in [0.2, 0.25) is 0 Å². The van der Waals surface area contributed by atoms with Gasteiger partial charge in [-0.3, -0.25) is 0 Å². The van der Waals surface area contributed by atoms with Crippen LogP contribution in [0.4, 0.5) is 5.69 Å². The molecule has 0 saturated heterocycles. The topological polar surface area (TPSA) is 77.0 Å². The summed E-state index contributed by atoms with van der Waals surface area (Å²) < 4.78 is 15.8. The lowest BCUT2D eigenvalue weighted by Crippen LogP contribution is -2.05. The summed E-state index contributed by atoms with van der Waals surface area (Å²) in [5.74, 6) is 0.974. The van der Waals surface area contributed by atoms with Crippen LogP contribution in [-0.4, -0.2) is 32.4 Å². The summed E-state index contributed by atoms with van der Waals surface area (Å²) in [6, 6.07) is 10.2. The third-order valence-corrected chi connectivity index (χ3v) is 3.41. The fourth-order valence-electron chi connectivity index (χ4n) is 2.17. The summed E-state index contributed by atoms with van der Waals surface area (Å²) in [7, 11) is 4.72. The summed E-state index contributed by atoms with van der Waals surface area (Å²) in [6.45, 7) is 0.451. The van der Waals surface area contributed by atoms with Gasteiger partial charge in [-0.15, -0.1) is 0 Å². The molecule has 2 aromatic rings. The van der Waals surface area contributed by atoms with Crippen LogP contribution in [0, 0.1) is 0 Å². The third kappa shape index (κ3) is 3.85. The Morgan fingerprint density at radius 1 is 1.00 bits per heavy atom. The number of carbonyl (C=O) groups is 1. The maximum atomic E-state index is 11.1. The molecule has 122 valence electrons. The van der Waals surface area contributed by atoms with Gasteiger partial charge in [-0.05, 0) is 30.3 Å². The molecule has 23 heavy (non-hydrogen) atoms. The van der Waals surface area contributed by atoms with E-state index in [2.05, 4.69) is 5.32 Å². The normalized spacial score (nSPS) is 10.0. The molecule has 2 N–H and O–H groups in total. The van der Waals surface area contributed by atoms with Crippen LogP contribution < -0.4 is 19.5 Å². The van der Waals surface area contributed by atoms with Crippen molar-refractivity contribution in [3.63, 3.8) is 0 Å². The number of nitrogens with one attached hydrogen (secondary N) is 1. The van der Waals surface area contributed by atoms with Crippen molar-refractivity contribution in [1.29, 1.82) is 0 Å². The number of carboxylic acid groups (broad SMARTS) is 1. The van der Waals surface area contributed by atoms with Crippen molar-refractivity contribution in [3.8, 4) is 17.2 Å². The molecule has 0 unspecified atom stereocenters. The van der Waals surface area contributed by atoms with Gasteiger partial charge in [0.15, 0.2) is 0 Å². The fourth-order valence-corrected chi connectivity index (χ4v) is 2.17. The zero-order valence-corrected chi connectivity index (χ0v) is 13.3. The summed E-state index contributed by atoms with van der Waals surface area (Å²) in [5, 5.41) is 12.3. The molecule has 0 amide bonds. The lowest BCUT2D eigenvalue weighted by Gasteiger charge is -2.14. The Bertz CT molecular complexity index is 699. The van der Waals surface area contributed by atoms with Crippen molar-refractivity contribution in [2.24, 2.45) is 0 Å². The summed E-state index contributed by atoms with van der Waals surface area (Å²) in [5.41, 5.74) is 1.70. The smallest absolute Gasteiger partial charge is 0.335 e. The molecular formula is C17H19NO5. The average Bonchev–Trinajstić information content (AvgIpc) is 2.59. The molecule has 0 aliphatic heterocycles. The molecule has 0 aliphatic carbocycles. The highest BCUT2D eigenvalue weighted by Gasteiger charge is 2.10. The van der Waals surface area contributed by atoms with Crippen LogP contribution in [0.5, 0.6) is 17.2 Å². The highest BCUT2D eigenvalue weighted by molar-refractivity contribution is 5.89. The molecule has 0 atom stereocenters. The van der Waals surface area contributed by atoms with Gasteiger partial charge >= 0.3 is 5.97 Å². The van der Waals surface area contributed by atoms with Crippen molar-refractivity contribution < 1.29 is 24.1 Å². The standard InChI is InChI=1S/C17H19NO5/c1-21-13-6-4-12(16(9-13)23-3)10-18-14-8-11(17(19)20)5-7-15(14)22-2/h4-9,18H,10H2,1-3H3,(H,19,20). The van der Waals surface area contributed by atoms with E-state index in [1.807, 2.05) is 12.1 Å². The predicted molar refractivity (Wildman–Crippen MR) is 86.8 cm³/mol. The Morgan fingerprint density at radius 3 is 2.35 bits per heavy atom. The minimum atomic E-state index is -0.988. The zero-order chi connectivity index (χ0) is 16.8. The second-order valence-electron chi connectivity index (χ2n) is 4.75. The first-order chi connectivity index (χ1) is 11.1. The highest BCUT2D eigenvalue weighted by Crippen LogP contribution is 2.29. The Kier molecular flexibility index (Phi) is 5.30. The summed E-state index contributed by atoms with van der Waals surface area (Å²) in [6.07, 6.45) is 0. The quantitative estimate of drug-likeness (QED) is 0.817. The van der Waals surface area contributed by atoms with Crippen molar-refractivity contribution in [2.75, 3.05) is 26.6 Å². The number of hydrogen-bond donors (Lipinski definition) is 2. The SMILES string of the molecule is COc1ccc(CNc2cc(C(=O)O)ccc2OC)c(OC)c1. The first-order valence-electron chi connectivity index (χ1n) is 6.95. The predicted octanol–water partition coefficient (Wildman–Crippen LogP) is 3.02. The largest absolute Gasteiger partial charge is 0.497 e. The van der Waals surface area contributed by atoms with E-state index < -0.39 is 5.97 Å². The summed E-state index contributed by atoms with van der Waals surface area (Å²) in [4.78, 5) is 11.1. The molecular weight excluding hydrogens is 298 g/mol. The highest BCUT2D eigenvalue weighted by atomic mass is 16.5. The van der Waals surface area contributed by atoms with Gasteiger partial charge in [-0.1, -0.05) is 0 Å². The molecule has 0 saturated carbocycles. The van der Waals surface area contributed by atoms with E-state index in [1.54, 1.807) is 26.4 Å². The molecule has 0 fully saturated rings. The van der Waals surface area contributed by atoms with Crippen LogP contribution in [0.2, 0.25) is 0 Å². The van der Waals surface area contributed by atoms with Crippen molar-refractivity contribution in [3.05, 3.63) is 47.5 Å². The maximum absolute atomic E-state index is 11.1. The fraction of sp³-hybridized carbons (Fsp3) is 0.235. The van der Waals surface area contributed by atoms with E-state index in [4.69, 9.17) is 19.3 Å². The number of hydrogen-bond acceptors (Lipinski definition) is 5. The Morgan fingerprint density at radius 2 is 1.74 bits per heavy atom. The van der Waals surface area contributed by atoms with Gasteiger partial charge in [-0.25, -0.2) is 4.79 Å². The molecule has 0 aliphatic rings. The molecule has 0 heterocycles. The van der Waals surface area contributed by atoms with Crippen LogP contribution in [0.15, 0.2) is 36.4 Å². The van der Waals surface area contributed by atoms with Gasteiger partial charge in [0.25, 0.3) is 0 Å². The molecule has 0 spiro atoms. The van der Waals surface area contributed by atoms with Crippen LogP contribution in [0.1, 0.15) is 15.9 Å². The monoisotopic (exact) mass is 317 g/mol. The average molecular weight is 317 g/mol. The van der Waals surface area contributed by atoms with E-state index in [-0.39, 0.29) is 5.56 Å². The number of rotatable bonds is 7. The molecule has 6 nitrogen and oxygen atoms in total. The summed E-state index contributed by atoms with van der Waals surface area (Å²) >= 11 is 0. The molecule has 2 rings (SSSR count). The number of benzene rings is 2. The van der Waals surface area contributed by atoms with Gasteiger partial charge in [0.05, 0.1) is 32.6 Å². The lowest BCUT2D eigenvalue weighted by molar-refractivity contribution is 0.0697. The number of carboxylic acids is 1. The molecule has 6 heteroatoms. The molecule has 0 radical (unpaired) electrons. The van der Waals surface area contributed by atoms with Crippen molar-refractivity contribution >= 4 is 11.7 Å². The molecule has 0 aromatic heterocycles. The van der Waals surface area contributed by atoms with Gasteiger partial charge < -0.3 is 24.6 Å². The second-order valence-corrected chi connectivity index (χ2v) is 4.75. The van der Waals surface area contributed by atoms with E-state index in [0.29, 0.717) is 29.5 Å². The Hall–Kier alpha value is -2.89. The number of methoxy groups -OCH3 is 3. The van der Waals surface area contributed by atoms with E-state index in [9.17, 15) is 4.79 Å². The molecule has 0 bridgehead atoms.